The predicted octanol–water partition coefficient (Wildman–Crippen LogP) is 12.9. The first-order chi connectivity index (χ1) is 43.8. The Morgan fingerprint density at radius 2 is 0.884 bits per heavy atom. The Morgan fingerprint density at radius 3 is 1.52 bits per heavy atom. The van der Waals surface area contributed by atoms with E-state index in [1.807, 2.05) is 103 Å². The van der Waals surface area contributed by atoms with E-state index >= 15 is 0 Å². The smallest absolute Gasteiger partial charge is 0.179 e. The molecule has 0 bridgehead atoms. The molecule has 13 rings (SSSR count). The van der Waals surface area contributed by atoms with Crippen LogP contribution in [0.4, 0.5) is 0 Å². The van der Waals surface area contributed by atoms with Crippen molar-refractivity contribution in [1.29, 1.82) is 0 Å². The van der Waals surface area contributed by atoms with E-state index in [2.05, 4.69) is 0 Å². The minimum atomic E-state index is -3.40. The molecule has 13 aromatic rings. The van der Waals surface area contributed by atoms with Crippen molar-refractivity contribution in [2.75, 3.05) is 0 Å². The molecule has 69 heavy (non-hydrogen) atoms. The highest BCUT2D eigenvalue weighted by atomic mass is 28.3. The highest BCUT2D eigenvalue weighted by Crippen LogP contribution is 2.38. The van der Waals surface area contributed by atoms with Gasteiger partial charge in [-0.05, 0) is 74.2 Å². The molecule has 0 aliphatic heterocycles. The lowest BCUT2D eigenvalue weighted by Gasteiger charge is -2.34. The zero-order chi connectivity index (χ0) is 65.7. The van der Waals surface area contributed by atoms with Gasteiger partial charge in [-0.3, -0.25) is 0 Å². The Labute approximate surface area is 432 Å². The van der Waals surface area contributed by atoms with Crippen LogP contribution in [-0.2, 0) is 0 Å². The molecule has 0 N–H and O–H groups in total. The summed E-state index contributed by atoms with van der Waals surface area (Å²) in [7, 11) is -3.40. The zero-order valence-electron chi connectivity index (χ0n) is 58.7. The largest absolute Gasteiger partial charge is 0.456 e. The Bertz CT molecular complexity index is 5230. The highest BCUT2D eigenvalue weighted by Gasteiger charge is 2.41. The van der Waals surface area contributed by atoms with E-state index in [4.69, 9.17) is 35.8 Å². The molecule has 0 amide bonds. The van der Waals surface area contributed by atoms with Gasteiger partial charge < -0.3 is 8.98 Å². The monoisotopic (exact) mass is 921 g/mol. The first kappa shape index (κ1) is 23.2. The van der Waals surface area contributed by atoms with E-state index in [0.717, 1.165) is 25.3 Å². The average Bonchev–Trinajstić information content (AvgIpc) is 1.52. The summed E-state index contributed by atoms with van der Waals surface area (Å²) in [5.74, 6) is -1.62. The van der Waals surface area contributed by atoms with Crippen molar-refractivity contribution in [2.24, 2.45) is 0 Å². The predicted molar refractivity (Wildman–Crippen MR) is 287 cm³/mol. The summed E-state index contributed by atoms with van der Waals surface area (Å²) >= 11 is 0. The molecule has 0 aliphatic rings. The van der Waals surface area contributed by atoms with Gasteiger partial charge in [0, 0.05) is 43.9 Å². The van der Waals surface area contributed by atoms with Crippen molar-refractivity contribution in [3.05, 3.63) is 254 Å². The number of hydrogen-bond acceptors (Lipinski definition) is 4. The van der Waals surface area contributed by atoms with Crippen LogP contribution < -0.4 is 20.7 Å². The van der Waals surface area contributed by atoms with Crippen molar-refractivity contribution in [1.82, 2.24) is 19.5 Å². The Morgan fingerprint density at radius 1 is 0.391 bits per heavy atom. The second kappa shape index (κ2) is 16.7. The molecule has 324 valence electrons. The number of fused-ring (bicyclic) bond motifs is 6. The van der Waals surface area contributed by atoms with Crippen LogP contribution in [0, 0.1) is 0 Å². The van der Waals surface area contributed by atoms with E-state index in [-0.39, 0.29) is 22.2 Å². The molecule has 0 fully saturated rings. The second-order valence-electron chi connectivity index (χ2n) is 15.8. The van der Waals surface area contributed by atoms with E-state index in [1.54, 1.807) is 12.1 Å². The third kappa shape index (κ3) is 6.80. The van der Waals surface area contributed by atoms with Crippen LogP contribution in [0.2, 0.25) is 0 Å². The Kier molecular flexibility index (Phi) is 5.61. The minimum Gasteiger partial charge on any atom is -0.456 e. The molecule has 5 nitrogen and oxygen atoms in total. The van der Waals surface area contributed by atoms with E-state index in [1.165, 1.54) is 0 Å². The van der Waals surface area contributed by atoms with Crippen LogP contribution in [0.5, 0.6) is 0 Å². The molecule has 0 spiro atoms. The molecule has 0 aliphatic carbocycles. The average molecular weight is 922 g/mol. The third-order valence-electron chi connectivity index (χ3n) is 11.9. The Hall–Kier alpha value is -8.97. The van der Waals surface area contributed by atoms with E-state index < -0.39 is 220 Å². The van der Waals surface area contributed by atoms with Crippen LogP contribution in [0.25, 0.3) is 94.7 Å². The zero-order valence-corrected chi connectivity index (χ0v) is 36.7. The van der Waals surface area contributed by atoms with Gasteiger partial charge in [-0.2, -0.15) is 0 Å². The maximum Gasteiger partial charge on any atom is 0.179 e. The van der Waals surface area contributed by atoms with Crippen molar-refractivity contribution in [2.45, 2.75) is 0 Å². The Balaban J connectivity index is 1.17. The minimum absolute atomic E-state index is 0.212. The topological polar surface area (TPSA) is 56.7 Å². The standard InChI is InChI=1S/C63H42N4OSi/c1-4-25-48(26-5-1)69(49-27-6-2-7-28-49,50-29-8-3-9-30-50)51-31-18-23-46(42-51)63-65-61(44-21-16-20-43(40-44)52-35-19-39-59-60(52)55-34-12-15-38-58(55)68-59)64-62(66-63)45-22-17-24-47(41-45)67-56-36-13-10-32-53(56)54-33-11-14-37-57(54)67/h1-42H/i10D,11D,12D,13D,14D,15D,16D,17D,19D,20D,21D,22D,24D,32D,33D,34D,35D,36D,37D,38D,39D,40D,41D. The summed E-state index contributed by atoms with van der Waals surface area (Å²) in [6.07, 6.45) is 0. The lowest BCUT2D eigenvalue weighted by molar-refractivity contribution is 0.669. The highest BCUT2D eigenvalue weighted by molar-refractivity contribution is 7.19. The van der Waals surface area contributed by atoms with Crippen molar-refractivity contribution in [3.63, 3.8) is 0 Å². The number of nitrogens with zero attached hydrogens (tertiary/aromatic N) is 4. The maximum atomic E-state index is 10.2. The quantitative estimate of drug-likeness (QED) is 0.107. The summed E-state index contributed by atoms with van der Waals surface area (Å²) in [6, 6.07) is 17.9. The van der Waals surface area contributed by atoms with Crippen LogP contribution >= 0.6 is 0 Å². The van der Waals surface area contributed by atoms with Crippen molar-refractivity contribution in [3.8, 4) is 51.0 Å². The summed E-state index contributed by atoms with van der Waals surface area (Å²) in [4.78, 5) is 14.5. The van der Waals surface area contributed by atoms with Gasteiger partial charge in [0.25, 0.3) is 0 Å². The molecule has 10 aromatic carbocycles. The lowest BCUT2D eigenvalue weighted by Crippen LogP contribution is -2.74. The van der Waals surface area contributed by atoms with Crippen molar-refractivity contribution < 1.29 is 35.9 Å². The van der Waals surface area contributed by atoms with Gasteiger partial charge in [0.2, 0.25) is 0 Å². The van der Waals surface area contributed by atoms with Gasteiger partial charge in [-0.1, -0.05) is 212 Å². The SMILES string of the molecule is [2H]c1c([2H])c(-c2nc(-c3cccc([Si](c4ccccc4)(c4ccccc4)c4ccccc4)c3)nc(-c3c([2H])c([2H])c([2H])c(-n4c5c([2H])c([2H])c([2H])c([2H])c5c5c([2H])c([2H])c([2H])c([2H])c54)c3[2H])n2)c([2H])c(-c2c([2H])c([2H])c([2H])c3oc4c([2H])c([2H])c([2H])c([2H])c4c23)c1[2H]. The molecule has 0 radical (unpaired) electrons. The molecule has 0 saturated heterocycles. The van der Waals surface area contributed by atoms with Gasteiger partial charge in [0.15, 0.2) is 25.5 Å². The molecular weight excluding hydrogens is 857 g/mol. The molecule has 0 atom stereocenters. The number of furan rings is 1. The van der Waals surface area contributed by atoms with Gasteiger partial charge >= 0.3 is 0 Å². The first-order valence-corrected chi connectivity index (χ1v) is 23.5. The summed E-state index contributed by atoms with van der Waals surface area (Å²) in [6.45, 7) is 0. The van der Waals surface area contributed by atoms with Crippen LogP contribution in [0.15, 0.2) is 259 Å². The summed E-state index contributed by atoms with van der Waals surface area (Å²) < 4.78 is 217. The number of benzene rings is 10. The maximum absolute atomic E-state index is 10.2. The molecule has 6 heteroatoms. The molecule has 0 unspecified atom stereocenters. The summed E-state index contributed by atoms with van der Waals surface area (Å²) in [5.41, 5.74) is -5.09. The number of hydrogen-bond donors (Lipinski definition) is 0. The number of aromatic nitrogens is 4. The number of para-hydroxylation sites is 3. The lowest BCUT2D eigenvalue weighted by atomic mass is 9.98. The third-order valence-corrected chi connectivity index (χ3v) is 16.7. The number of rotatable bonds is 9. The normalized spacial score (nSPS) is 16.4. The molecular formula is C63H42N4OSi. The van der Waals surface area contributed by atoms with Gasteiger partial charge in [-0.15, -0.1) is 0 Å². The summed E-state index contributed by atoms with van der Waals surface area (Å²) in [5, 5.41) is 2.04. The van der Waals surface area contributed by atoms with Gasteiger partial charge in [0.1, 0.15) is 11.2 Å². The van der Waals surface area contributed by atoms with Gasteiger partial charge in [0.05, 0.1) is 42.6 Å². The molecule has 3 aromatic heterocycles. The van der Waals surface area contributed by atoms with Gasteiger partial charge in [-0.25, -0.2) is 15.0 Å². The van der Waals surface area contributed by atoms with E-state index in [9.17, 15) is 15.1 Å². The van der Waals surface area contributed by atoms with E-state index in [0.29, 0.717) is 0 Å². The van der Waals surface area contributed by atoms with Crippen molar-refractivity contribution >= 4 is 72.6 Å². The van der Waals surface area contributed by atoms with Crippen LogP contribution in [0.3, 0.4) is 0 Å². The fraction of sp³-hybridized carbons (Fsp3) is 0. The fourth-order valence-electron chi connectivity index (χ4n) is 9.01. The second-order valence-corrected chi connectivity index (χ2v) is 19.6. The van der Waals surface area contributed by atoms with Crippen LogP contribution in [0.1, 0.15) is 31.5 Å². The molecule has 0 saturated carbocycles. The first-order valence-electron chi connectivity index (χ1n) is 33.0. The fourth-order valence-corrected chi connectivity index (χ4v) is 13.8. The molecule has 3 heterocycles. The van der Waals surface area contributed by atoms with Crippen LogP contribution in [-0.4, -0.2) is 27.6 Å².